The molecule has 6 atom stereocenters. The largest absolute Gasteiger partial charge is 0.443 e. The Balaban J connectivity index is 1.09. The molecular weight excluding hydrogens is 486 g/mol. The van der Waals surface area contributed by atoms with Gasteiger partial charge in [-0.25, -0.2) is 4.79 Å². The summed E-state index contributed by atoms with van der Waals surface area (Å²) < 4.78 is 24.4. The fourth-order valence-corrected chi connectivity index (χ4v) is 7.31. The number of rotatable bonds is 9. The first kappa shape index (κ1) is 27.9. The van der Waals surface area contributed by atoms with Crippen LogP contribution in [0, 0.1) is 17.3 Å². The minimum atomic E-state index is -0.333. The van der Waals surface area contributed by atoms with Gasteiger partial charge in [0.25, 0.3) is 0 Å². The summed E-state index contributed by atoms with van der Waals surface area (Å²) in [7, 11) is 5.35. The van der Waals surface area contributed by atoms with Crippen LogP contribution in [0.2, 0.25) is 0 Å². The molecule has 2 amide bonds. The molecule has 0 aromatic heterocycles. The van der Waals surface area contributed by atoms with Crippen LogP contribution in [0.15, 0.2) is 11.6 Å². The normalized spacial score (nSPS) is 37.7. The van der Waals surface area contributed by atoms with Crippen molar-refractivity contribution in [2.24, 2.45) is 17.3 Å². The molecule has 4 heterocycles. The minimum Gasteiger partial charge on any atom is -0.443 e. The Hall–Kier alpha value is -1.68. The monoisotopic (exact) mass is 533 g/mol. The number of amides is 2. The van der Waals surface area contributed by atoms with E-state index in [0.29, 0.717) is 5.92 Å². The Labute approximate surface area is 227 Å². The quantitative estimate of drug-likeness (QED) is 0.333. The lowest BCUT2D eigenvalue weighted by atomic mass is 9.68. The molecule has 0 bridgehead atoms. The maximum atomic E-state index is 13.0. The van der Waals surface area contributed by atoms with Crippen molar-refractivity contribution in [3.63, 3.8) is 0 Å². The molecule has 4 aliphatic heterocycles. The van der Waals surface area contributed by atoms with Crippen molar-refractivity contribution >= 4 is 12.0 Å². The van der Waals surface area contributed by atoms with Crippen LogP contribution >= 0.6 is 0 Å². The van der Waals surface area contributed by atoms with Gasteiger partial charge in [-0.2, -0.15) is 0 Å². The van der Waals surface area contributed by atoms with Crippen molar-refractivity contribution < 1.29 is 28.5 Å². The zero-order valence-electron chi connectivity index (χ0n) is 24.3. The first-order valence-electron chi connectivity index (χ1n) is 14.3. The van der Waals surface area contributed by atoms with Crippen molar-refractivity contribution in [3.8, 4) is 0 Å². The van der Waals surface area contributed by atoms with E-state index in [1.54, 1.807) is 12.0 Å². The summed E-state index contributed by atoms with van der Waals surface area (Å²) in [5.41, 5.74) is 0.478. The molecule has 9 heteroatoms. The Morgan fingerprint density at radius 3 is 2.42 bits per heavy atom. The molecule has 1 unspecified atom stereocenters. The minimum absolute atomic E-state index is 0.0350. The van der Waals surface area contributed by atoms with Gasteiger partial charge in [-0.1, -0.05) is 11.6 Å². The van der Waals surface area contributed by atoms with Gasteiger partial charge in [0.05, 0.1) is 24.0 Å². The second-order valence-electron chi connectivity index (χ2n) is 13.3. The van der Waals surface area contributed by atoms with Crippen molar-refractivity contribution in [2.45, 2.75) is 82.9 Å². The van der Waals surface area contributed by atoms with E-state index in [0.717, 1.165) is 65.0 Å². The number of likely N-dealkylation sites (tertiary alicyclic amines) is 2. The van der Waals surface area contributed by atoms with Crippen LogP contribution in [-0.2, 0) is 23.7 Å². The maximum Gasteiger partial charge on any atom is 0.410 e. The SMILES string of the molecule is CO[C@H]1C([C@@]2(C)O[C@@H]2CC=C(C)C)[C@]2(CC[C@H]1OC(=O)N1CC(CCN3CC(C)(C(=O)N(C)C)C3)C1)CO2. The van der Waals surface area contributed by atoms with Gasteiger partial charge in [0.2, 0.25) is 5.91 Å². The molecule has 4 saturated heterocycles. The third-order valence-corrected chi connectivity index (χ3v) is 9.63. The number of methoxy groups -OCH3 is 1. The number of carbonyl (C=O) groups excluding carboxylic acids is 2. The lowest BCUT2D eigenvalue weighted by Gasteiger charge is -2.49. The molecule has 0 aromatic carbocycles. The van der Waals surface area contributed by atoms with Crippen LogP contribution in [0.3, 0.4) is 0 Å². The fourth-order valence-electron chi connectivity index (χ4n) is 7.31. The van der Waals surface area contributed by atoms with E-state index < -0.39 is 0 Å². The van der Waals surface area contributed by atoms with E-state index in [1.807, 2.05) is 25.9 Å². The highest BCUT2D eigenvalue weighted by Crippen LogP contribution is 2.59. The van der Waals surface area contributed by atoms with Gasteiger partial charge in [-0.05, 0) is 65.8 Å². The summed E-state index contributed by atoms with van der Waals surface area (Å²) in [6, 6.07) is 0. The molecule has 1 spiro atoms. The topological polar surface area (TPSA) is 87.4 Å². The standard InChI is InChI=1S/C29H47N3O6/c1-19(2)8-9-22-28(4,38-22)24-23(35-7)21(10-12-29(24)18-36-29)37-26(34)32-14-20(15-32)11-13-31-16-27(3,17-31)25(33)30(5)6/h8,20-24H,9-18H2,1-7H3/t21-,22-,23-,24?,28+,29+/m1/s1. The molecular formula is C29H47N3O6. The molecule has 214 valence electrons. The van der Waals surface area contributed by atoms with Crippen LogP contribution in [-0.4, -0.2) is 117 Å². The van der Waals surface area contributed by atoms with Crippen LogP contribution in [0.1, 0.15) is 53.4 Å². The molecule has 1 aliphatic carbocycles. The number of allylic oxidation sites excluding steroid dienone is 1. The zero-order chi connectivity index (χ0) is 27.5. The van der Waals surface area contributed by atoms with E-state index >= 15 is 0 Å². The summed E-state index contributed by atoms with van der Waals surface area (Å²) in [4.78, 5) is 31.2. The second kappa shape index (κ2) is 10.1. The second-order valence-corrected chi connectivity index (χ2v) is 13.3. The van der Waals surface area contributed by atoms with Gasteiger partial charge in [-0.3, -0.25) is 4.79 Å². The van der Waals surface area contributed by atoms with Crippen LogP contribution in [0.4, 0.5) is 4.79 Å². The predicted molar refractivity (Wildman–Crippen MR) is 143 cm³/mol. The summed E-state index contributed by atoms with van der Waals surface area (Å²) in [6.45, 7) is 13.2. The van der Waals surface area contributed by atoms with E-state index in [2.05, 4.69) is 31.7 Å². The Bertz CT molecular complexity index is 948. The molecule has 38 heavy (non-hydrogen) atoms. The number of nitrogens with zero attached hydrogens (tertiary/aromatic N) is 3. The average molecular weight is 534 g/mol. The molecule has 1 saturated carbocycles. The van der Waals surface area contributed by atoms with Crippen molar-refractivity contribution in [1.29, 1.82) is 0 Å². The molecule has 0 radical (unpaired) electrons. The lowest BCUT2D eigenvalue weighted by Crippen LogP contribution is -2.62. The number of epoxide rings is 2. The third-order valence-electron chi connectivity index (χ3n) is 9.63. The average Bonchev–Trinajstić information content (AvgIpc) is 3.72. The van der Waals surface area contributed by atoms with Crippen molar-refractivity contribution in [2.75, 3.05) is 60.5 Å². The third kappa shape index (κ3) is 5.11. The highest BCUT2D eigenvalue weighted by atomic mass is 16.6. The highest BCUT2D eigenvalue weighted by molar-refractivity contribution is 5.83. The molecule has 0 N–H and O–H groups in total. The van der Waals surface area contributed by atoms with Crippen molar-refractivity contribution in [1.82, 2.24) is 14.7 Å². The maximum absolute atomic E-state index is 13.0. The van der Waals surface area contributed by atoms with Crippen LogP contribution < -0.4 is 0 Å². The molecule has 5 fully saturated rings. The zero-order valence-corrected chi connectivity index (χ0v) is 24.3. The van der Waals surface area contributed by atoms with E-state index in [1.165, 1.54) is 5.57 Å². The van der Waals surface area contributed by atoms with Crippen LogP contribution in [0.25, 0.3) is 0 Å². The van der Waals surface area contributed by atoms with E-state index in [9.17, 15) is 9.59 Å². The van der Waals surface area contributed by atoms with Gasteiger partial charge >= 0.3 is 6.09 Å². The smallest absolute Gasteiger partial charge is 0.410 e. The van der Waals surface area contributed by atoms with Gasteiger partial charge in [0.1, 0.15) is 23.4 Å². The molecule has 5 aliphatic rings. The Morgan fingerprint density at radius 2 is 1.84 bits per heavy atom. The number of hydrogen-bond donors (Lipinski definition) is 0. The first-order valence-corrected chi connectivity index (χ1v) is 14.3. The van der Waals surface area contributed by atoms with Gasteiger partial charge in [0.15, 0.2) is 0 Å². The van der Waals surface area contributed by atoms with Crippen LogP contribution in [0.5, 0.6) is 0 Å². The van der Waals surface area contributed by atoms with Gasteiger partial charge in [-0.15, -0.1) is 0 Å². The van der Waals surface area contributed by atoms with E-state index in [-0.39, 0.29) is 52.8 Å². The Kier molecular flexibility index (Phi) is 7.38. The fraction of sp³-hybridized carbons (Fsp3) is 0.862. The van der Waals surface area contributed by atoms with Crippen molar-refractivity contribution in [3.05, 3.63) is 11.6 Å². The highest BCUT2D eigenvalue weighted by Gasteiger charge is 2.72. The van der Waals surface area contributed by atoms with Gasteiger partial charge in [0, 0.05) is 47.4 Å². The summed E-state index contributed by atoms with van der Waals surface area (Å²) in [5.74, 6) is 0.720. The number of hydrogen-bond acceptors (Lipinski definition) is 7. The molecule has 0 aromatic rings. The Morgan fingerprint density at radius 1 is 1.16 bits per heavy atom. The van der Waals surface area contributed by atoms with Gasteiger partial charge < -0.3 is 33.6 Å². The number of carbonyl (C=O) groups is 2. The summed E-state index contributed by atoms with van der Waals surface area (Å²) >= 11 is 0. The first-order chi connectivity index (χ1) is 17.9. The summed E-state index contributed by atoms with van der Waals surface area (Å²) in [6.07, 6.45) is 5.08. The molecule has 5 rings (SSSR count). The van der Waals surface area contributed by atoms with E-state index in [4.69, 9.17) is 18.9 Å². The lowest BCUT2D eigenvalue weighted by molar-refractivity contribution is -0.149. The number of ether oxygens (including phenoxy) is 4. The molecule has 9 nitrogen and oxygen atoms in total. The predicted octanol–water partition coefficient (Wildman–Crippen LogP) is 2.93. The summed E-state index contributed by atoms with van der Waals surface area (Å²) in [5, 5.41) is 0.